The first kappa shape index (κ1) is 41.8. The van der Waals surface area contributed by atoms with E-state index in [-0.39, 0.29) is 11.2 Å². The summed E-state index contributed by atoms with van der Waals surface area (Å²) >= 11 is 1.19. The first-order valence-electron chi connectivity index (χ1n) is 22.3. The van der Waals surface area contributed by atoms with Crippen molar-refractivity contribution >= 4 is 62.1 Å². The smallest absolute Gasteiger partial charge is 0.283 e. The molecular formula is C58H49N5OS. The number of carbonyl (C=O) groups is 1. The SMILES string of the molecule is CCNC(=O)Sc1ccc(C2=C3C=CC(=N3)C(c3c(C)cc(C)cc3C)=C3C=CC(=N3)C(c3ccccc3C3C=CC=C3)=C3C=CC(=N3)C(c3c(C)cc(C)cc3C)=C3C=CC2=N3)cc1. The summed E-state index contributed by atoms with van der Waals surface area (Å²) in [6.07, 6.45) is 25.8. The third kappa shape index (κ3) is 7.80. The lowest BCUT2D eigenvalue weighted by atomic mass is 9.88. The molecule has 4 aromatic rings. The van der Waals surface area contributed by atoms with Gasteiger partial charge >= 0.3 is 0 Å². The van der Waals surface area contributed by atoms with E-state index in [0.717, 1.165) is 117 Å². The summed E-state index contributed by atoms with van der Waals surface area (Å²) in [6, 6.07) is 25.8. The second kappa shape index (κ2) is 17.1. The van der Waals surface area contributed by atoms with Gasteiger partial charge in [-0.05, 0) is 171 Å². The standard InChI is InChI=1S/C58H49N5OS/c1-8-59-58(64)65-41-19-17-40(18-20-41)54-44-21-25-48(60-44)56(52-35(4)29-33(2)30-36(52)5)50-27-23-46(62-50)55(43-16-12-11-15-42(43)39-13-9-10-14-39)47-24-28-51(63-47)57(49-26-22-45(54)61-49)53-37(6)31-34(3)32-38(53)7/h9-32,39H,8H2,1-7H3,(H,59,64). The number of hydrogen-bond acceptors (Lipinski definition) is 6. The van der Waals surface area contributed by atoms with E-state index in [9.17, 15) is 4.79 Å². The molecule has 318 valence electrons. The molecule has 4 aromatic carbocycles. The van der Waals surface area contributed by atoms with E-state index in [1.807, 2.05) is 19.1 Å². The van der Waals surface area contributed by atoms with Crippen LogP contribution in [-0.2, 0) is 0 Å². The third-order valence-electron chi connectivity index (χ3n) is 12.5. The summed E-state index contributed by atoms with van der Waals surface area (Å²) in [5, 5.41) is 2.81. The van der Waals surface area contributed by atoms with E-state index in [2.05, 4.69) is 180 Å². The van der Waals surface area contributed by atoms with E-state index < -0.39 is 0 Å². The summed E-state index contributed by atoms with van der Waals surface area (Å²) in [7, 11) is 0. The number of nitrogens with one attached hydrogen (secondary N) is 1. The van der Waals surface area contributed by atoms with Crippen LogP contribution in [0.5, 0.6) is 0 Å². The van der Waals surface area contributed by atoms with E-state index >= 15 is 0 Å². The normalized spacial score (nSPS) is 17.3. The Kier molecular flexibility index (Phi) is 11.0. The van der Waals surface area contributed by atoms with Crippen LogP contribution < -0.4 is 5.32 Å². The molecule has 0 saturated heterocycles. The maximum Gasteiger partial charge on any atom is 0.283 e. The quantitative estimate of drug-likeness (QED) is 0.188. The molecule has 65 heavy (non-hydrogen) atoms. The molecule has 0 aromatic heterocycles. The zero-order valence-electron chi connectivity index (χ0n) is 37.7. The summed E-state index contributed by atoms with van der Waals surface area (Å²) in [6.45, 7) is 15.5. The topological polar surface area (TPSA) is 78.5 Å². The zero-order valence-corrected chi connectivity index (χ0v) is 38.6. The van der Waals surface area contributed by atoms with Gasteiger partial charge in [0.1, 0.15) is 0 Å². The van der Waals surface area contributed by atoms with Crippen LogP contribution in [0.1, 0.15) is 74.0 Å². The lowest BCUT2D eigenvalue weighted by Crippen LogP contribution is -2.17. The molecule has 5 heterocycles. The van der Waals surface area contributed by atoms with Crippen LogP contribution in [0.3, 0.4) is 0 Å². The number of aryl methyl sites for hydroxylation is 6. The van der Waals surface area contributed by atoms with Crippen molar-refractivity contribution in [3.8, 4) is 0 Å². The largest absolute Gasteiger partial charge is 0.347 e. The minimum Gasteiger partial charge on any atom is -0.347 e. The first-order chi connectivity index (χ1) is 31.5. The molecule has 0 spiro atoms. The Labute approximate surface area is 385 Å². The molecular weight excluding hydrogens is 815 g/mol. The fraction of sp³-hybridized carbons (Fsp3) is 0.155. The Morgan fingerprint density at radius 2 is 0.969 bits per heavy atom. The molecule has 0 fully saturated rings. The van der Waals surface area contributed by atoms with Crippen LogP contribution in [0.15, 0.2) is 193 Å². The number of aliphatic imine (C=N–C) groups is 4. The molecule has 1 aliphatic carbocycles. The Hall–Kier alpha value is -7.22. The minimum absolute atomic E-state index is 0.0811. The van der Waals surface area contributed by atoms with Gasteiger partial charge in [-0.1, -0.05) is 96.1 Å². The highest BCUT2D eigenvalue weighted by atomic mass is 32.2. The van der Waals surface area contributed by atoms with Crippen molar-refractivity contribution in [2.75, 3.05) is 6.54 Å². The Balaban J connectivity index is 1.28. The van der Waals surface area contributed by atoms with Crippen molar-refractivity contribution in [3.63, 3.8) is 0 Å². The van der Waals surface area contributed by atoms with E-state index in [1.54, 1.807) is 0 Å². The number of hydrogen-bond donors (Lipinski definition) is 1. The van der Waals surface area contributed by atoms with Crippen LogP contribution >= 0.6 is 11.8 Å². The number of thioether (sulfide) groups is 1. The van der Waals surface area contributed by atoms with Gasteiger partial charge in [-0.25, -0.2) is 20.0 Å². The highest BCUT2D eigenvalue weighted by Gasteiger charge is 2.30. The van der Waals surface area contributed by atoms with Gasteiger partial charge in [0.25, 0.3) is 5.24 Å². The van der Waals surface area contributed by atoms with Crippen molar-refractivity contribution in [1.29, 1.82) is 0 Å². The van der Waals surface area contributed by atoms with Gasteiger partial charge in [-0.3, -0.25) is 4.79 Å². The molecule has 6 nitrogen and oxygen atoms in total. The Morgan fingerprint density at radius 1 is 0.538 bits per heavy atom. The van der Waals surface area contributed by atoms with Crippen LogP contribution in [-0.4, -0.2) is 34.6 Å². The number of fused-ring (bicyclic) bond motifs is 4. The molecule has 7 heteroatoms. The summed E-state index contributed by atoms with van der Waals surface area (Å²) in [5.74, 6) is 0.128. The van der Waals surface area contributed by atoms with Gasteiger partial charge in [0, 0.05) is 39.7 Å². The molecule has 0 unspecified atom stereocenters. The van der Waals surface area contributed by atoms with Gasteiger partial charge in [0.2, 0.25) is 0 Å². The number of amides is 1. The molecule has 0 atom stereocenters. The molecule has 1 amide bonds. The van der Waals surface area contributed by atoms with Gasteiger partial charge in [0.15, 0.2) is 0 Å². The highest BCUT2D eigenvalue weighted by molar-refractivity contribution is 8.13. The summed E-state index contributed by atoms with van der Waals surface area (Å²) in [5.41, 5.74) is 23.0. The average Bonchev–Trinajstić information content (AvgIpc) is 4.14. The predicted molar refractivity (Wildman–Crippen MR) is 274 cm³/mol. The highest BCUT2D eigenvalue weighted by Crippen LogP contribution is 2.42. The average molecular weight is 864 g/mol. The van der Waals surface area contributed by atoms with E-state index in [1.165, 1.54) is 28.5 Å². The molecule has 5 aliphatic heterocycles. The van der Waals surface area contributed by atoms with Gasteiger partial charge in [-0.2, -0.15) is 0 Å². The van der Waals surface area contributed by atoms with Crippen LogP contribution in [0.4, 0.5) is 4.79 Å². The number of carbonyl (C=O) groups excluding carboxylic acids is 1. The monoisotopic (exact) mass is 863 g/mol. The molecule has 8 bridgehead atoms. The van der Waals surface area contributed by atoms with Crippen molar-refractivity contribution in [2.45, 2.75) is 59.3 Å². The fourth-order valence-corrected chi connectivity index (χ4v) is 10.7. The van der Waals surface area contributed by atoms with Gasteiger partial charge in [0.05, 0.1) is 45.6 Å². The Morgan fingerprint density at radius 3 is 1.46 bits per heavy atom. The van der Waals surface area contributed by atoms with Crippen molar-refractivity contribution in [3.05, 3.63) is 230 Å². The van der Waals surface area contributed by atoms with Crippen LogP contribution in [0, 0.1) is 41.5 Å². The number of benzene rings is 4. The number of rotatable bonds is 7. The van der Waals surface area contributed by atoms with E-state index in [0.29, 0.717) is 6.54 Å². The number of allylic oxidation sites excluding steroid dienone is 16. The van der Waals surface area contributed by atoms with Gasteiger partial charge < -0.3 is 5.32 Å². The zero-order chi connectivity index (χ0) is 44.9. The van der Waals surface area contributed by atoms with Crippen LogP contribution in [0.2, 0.25) is 0 Å². The lowest BCUT2D eigenvalue weighted by molar-refractivity contribution is 0.261. The molecule has 1 N–H and O–H groups in total. The van der Waals surface area contributed by atoms with Crippen LogP contribution in [0.25, 0.3) is 22.3 Å². The van der Waals surface area contributed by atoms with E-state index in [4.69, 9.17) is 20.0 Å². The van der Waals surface area contributed by atoms with Gasteiger partial charge in [-0.15, -0.1) is 0 Å². The predicted octanol–water partition coefficient (Wildman–Crippen LogP) is 13.6. The third-order valence-corrected chi connectivity index (χ3v) is 13.3. The first-order valence-corrected chi connectivity index (χ1v) is 23.1. The summed E-state index contributed by atoms with van der Waals surface area (Å²) < 4.78 is 0. The lowest BCUT2D eigenvalue weighted by Gasteiger charge is -2.18. The molecule has 6 aliphatic rings. The van der Waals surface area contributed by atoms with Crippen molar-refractivity contribution < 1.29 is 4.79 Å². The summed E-state index contributed by atoms with van der Waals surface area (Å²) in [4.78, 5) is 35.7. The molecule has 0 radical (unpaired) electrons. The van der Waals surface area contributed by atoms with Crippen molar-refractivity contribution in [2.24, 2.45) is 20.0 Å². The second-order valence-corrected chi connectivity index (χ2v) is 18.3. The van der Waals surface area contributed by atoms with Crippen molar-refractivity contribution in [1.82, 2.24) is 5.32 Å². The fourth-order valence-electron chi connectivity index (χ4n) is 9.95. The second-order valence-electron chi connectivity index (χ2n) is 17.2. The maximum absolute atomic E-state index is 12.6. The minimum atomic E-state index is -0.0811. The molecule has 10 rings (SSSR count). The molecule has 0 saturated carbocycles. The number of nitrogens with zero attached hydrogens (tertiary/aromatic N) is 4. The Bertz CT molecular complexity index is 3120. The maximum atomic E-state index is 12.6.